The van der Waals surface area contributed by atoms with Crippen molar-refractivity contribution in [1.29, 1.82) is 0 Å². The zero-order valence-electron chi connectivity index (χ0n) is 19.2. The monoisotopic (exact) mass is 514 g/mol. The molecule has 0 unspecified atom stereocenters. The lowest BCUT2D eigenvalue weighted by Crippen LogP contribution is -2.15. The Labute approximate surface area is 213 Å². The molecule has 0 saturated heterocycles. The van der Waals surface area contributed by atoms with Crippen molar-refractivity contribution in [2.24, 2.45) is 0 Å². The smallest absolute Gasteiger partial charge is 0.237 e. The number of carbonyl (C=O) groups excluding carboxylic acids is 4. The Bertz CT molecular complexity index is 1490. The summed E-state index contributed by atoms with van der Waals surface area (Å²) in [7, 11) is 0. The number of carbonyl (C=O) groups is 4. The summed E-state index contributed by atoms with van der Waals surface area (Å²) in [5, 5.41) is 59.0. The number of hydrogen-bond donors (Lipinski definition) is 6. The quantitative estimate of drug-likeness (QED) is 0.157. The lowest BCUT2D eigenvalue weighted by Gasteiger charge is -2.10. The molecule has 0 aromatic heterocycles. The Hall–Kier alpha value is -5.64. The van der Waals surface area contributed by atoms with E-state index in [0.29, 0.717) is 11.1 Å². The molecule has 6 N–H and O–H groups in total. The highest BCUT2D eigenvalue weighted by Crippen LogP contribution is 2.32. The van der Waals surface area contributed by atoms with Gasteiger partial charge in [0.25, 0.3) is 0 Å². The minimum atomic E-state index is -1.10. The number of phenolic OH excluding ortho intramolecular Hbond substituents is 6. The van der Waals surface area contributed by atoms with Crippen LogP contribution in [0.5, 0.6) is 34.5 Å². The number of ketones is 4. The summed E-state index contributed by atoms with van der Waals surface area (Å²) in [6, 6.07) is 13.3. The molecule has 0 amide bonds. The minimum absolute atomic E-state index is 0.281. The van der Waals surface area contributed by atoms with Gasteiger partial charge in [0.15, 0.2) is 0 Å². The van der Waals surface area contributed by atoms with E-state index < -0.39 is 57.6 Å². The van der Waals surface area contributed by atoms with E-state index in [9.17, 15) is 49.8 Å². The van der Waals surface area contributed by atoms with Crippen LogP contribution in [-0.4, -0.2) is 53.8 Å². The third-order valence-electron chi connectivity index (χ3n) is 5.56. The first-order valence-electron chi connectivity index (χ1n) is 10.8. The van der Waals surface area contributed by atoms with Crippen LogP contribution in [-0.2, 0) is 0 Å². The van der Waals surface area contributed by atoms with Gasteiger partial charge in [-0.15, -0.1) is 0 Å². The van der Waals surface area contributed by atoms with Crippen LogP contribution in [0.15, 0.2) is 72.8 Å². The van der Waals surface area contributed by atoms with Gasteiger partial charge in [-0.2, -0.15) is 0 Å². The molecule has 0 aliphatic heterocycles. The fourth-order valence-corrected chi connectivity index (χ4v) is 3.77. The van der Waals surface area contributed by atoms with Gasteiger partial charge in [0.1, 0.15) is 34.5 Å². The molecule has 10 nitrogen and oxygen atoms in total. The summed E-state index contributed by atoms with van der Waals surface area (Å²) >= 11 is 0. The molecular formula is C28H18O10. The molecule has 0 bridgehead atoms. The third kappa shape index (κ3) is 5.00. The largest absolute Gasteiger partial charge is 0.508 e. The lowest BCUT2D eigenvalue weighted by molar-refractivity contribution is 0.0815. The Balaban J connectivity index is 1.59. The number of rotatable bonds is 7. The van der Waals surface area contributed by atoms with Gasteiger partial charge in [-0.25, -0.2) is 0 Å². The number of hydrogen-bond acceptors (Lipinski definition) is 10. The number of phenols is 6. The Morgan fingerprint density at radius 1 is 0.395 bits per heavy atom. The summed E-state index contributed by atoms with van der Waals surface area (Å²) < 4.78 is 0. The maximum Gasteiger partial charge on any atom is 0.237 e. The fourth-order valence-electron chi connectivity index (χ4n) is 3.77. The van der Waals surface area contributed by atoms with Crippen LogP contribution in [0.1, 0.15) is 41.4 Å². The highest BCUT2D eigenvalue weighted by molar-refractivity contribution is 6.50. The molecule has 38 heavy (non-hydrogen) atoms. The Morgan fingerprint density at radius 3 is 1.00 bits per heavy atom. The lowest BCUT2D eigenvalue weighted by atomic mass is 9.95. The van der Waals surface area contributed by atoms with Crippen molar-refractivity contribution in [3.8, 4) is 45.6 Å². The molecule has 0 heterocycles. The predicted octanol–water partition coefficient (Wildman–Crippen LogP) is 3.72. The maximum absolute atomic E-state index is 12.6. The highest BCUT2D eigenvalue weighted by atomic mass is 16.3. The SMILES string of the molecule is O=C(C(=O)c1ccc(-c2ccc(C(=O)C(=O)c3cc(O)cc(O)c3)c(O)c2)cc1O)c1cc(O)cc(O)c1. The Kier molecular flexibility index (Phi) is 6.55. The normalized spacial score (nSPS) is 10.6. The van der Waals surface area contributed by atoms with Crippen LogP contribution in [0, 0.1) is 0 Å². The maximum atomic E-state index is 12.6. The molecule has 0 saturated carbocycles. The van der Waals surface area contributed by atoms with Gasteiger partial charge < -0.3 is 30.6 Å². The van der Waals surface area contributed by atoms with Crippen LogP contribution in [0.3, 0.4) is 0 Å². The molecule has 190 valence electrons. The van der Waals surface area contributed by atoms with Crippen LogP contribution in [0.4, 0.5) is 0 Å². The van der Waals surface area contributed by atoms with E-state index in [1.54, 1.807) is 0 Å². The molecule has 0 radical (unpaired) electrons. The first-order valence-corrected chi connectivity index (χ1v) is 10.8. The molecule has 4 aromatic rings. The highest BCUT2D eigenvalue weighted by Gasteiger charge is 2.24. The van der Waals surface area contributed by atoms with Crippen molar-refractivity contribution in [3.63, 3.8) is 0 Å². The summed E-state index contributed by atoms with van der Waals surface area (Å²) in [6.45, 7) is 0. The van der Waals surface area contributed by atoms with Gasteiger partial charge in [0, 0.05) is 23.3 Å². The molecule has 0 atom stereocenters. The summed E-state index contributed by atoms with van der Waals surface area (Å²) in [5.74, 6) is -7.19. The molecule has 4 aromatic carbocycles. The van der Waals surface area contributed by atoms with Crippen LogP contribution in [0.25, 0.3) is 11.1 Å². The molecule has 0 aliphatic rings. The average Bonchev–Trinajstić information content (AvgIpc) is 2.85. The van der Waals surface area contributed by atoms with E-state index in [1.807, 2.05) is 0 Å². The van der Waals surface area contributed by atoms with Crippen molar-refractivity contribution in [3.05, 3.63) is 95.1 Å². The Morgan fingerprint density at radius 2 is 0.711 bits per heavy atom. The van der Waals surface area contributed by atoms with Gasteiger partial charge in [0.2, 0.25) is 23.1 Å². The van der Waals surface area contributed by atoms with Crippen LogP contribution >= 0.6 is 0 Å². The van der Waals surface area contributed by atoms with Crippen molar-refractivity contribution in [2.45, 2.75) is 0 Å². The standard InChI is InChI=1S/C28H18O10/c29-17-5-15(6-18(30)11-17)25(35)27(37)21-3-1-13(9-23(21)33)14-2-4-22(24(34)10-14)28(38)26(36)16-7-19(31)12-20(32)8-16/h1-12,29-34H. The second-order valence-corrected chi connectivity index (χ2v) is 8.26. The van der Waals surface area contributed by atoms with E-state index in [4.69, 9.17) is 0 Å². The molecule has 0 aliphatic carbocycles. The van der Waals surface area contributed by atoms with E-state index in [-0.39, 0.29) is 22.3 Å². The zero-order valence-corrected chi connectivity index (χ0v) is 19.2. The van der Waals surface area contributed by atoms with Crippen molar-refractivity contribution >= 4 is 23.1 Å². The average molecular weight is 514 g/mol. The number of Topliss-reactive ketones (excluding diaryl/α,β-unsaturated/α-hetero) is 4. The van der Waals surface area contributed by atoms with E-state index >= 15 is 0 Å². The summed E-state index contributed by atoms with van der Waals surface area (Å²) in [4.78, 5) is 50.2. The van der Waals surface area contributed by atoms with Gasteiger partial charge in [-0.05, 0) is 59.7 Å². The van der Waals surface area contributed by atoms with Gasteiger partial charge in [0.05, 0.1) is 11.1 Å². The first-order chi connectivity index (χ1) is 17.9. The molecule has 0 spiro atoms. The minimum Gasteiger partial charge on any atom is -0.508 e. The van der Waals surface area contributed by atoms with Crippen LogP contribution < -0.4 is 0 Å². The zero-order chi connectivity index (χ0) is 27.7. The molecule has 4 rings (SSSR count). The van der Waals surface area contributed by atoms with Crippen molar-refractivity contribution < 1.29 is 49.8 Å². The van der Waals surface area contributed by atoms with Crippen molar-refractivity contribution in [2.75, 3.05) is 0 Å². The van der Waals surface area contributed by atoms with Gasteiger partial charge in [-0.1, -0.05) is 12.1 Å². The number of benzene rings is 4. The fraction of sp³-hybridized carbons (Fsp3) is 0. The van der Waals surface area contributed by atoms with Gasteiger partial charge >= 0.3 is 0 Å². The second kappa shape index (κ2) is 9.78. The topological polar surface area (TPSA) is 190 Å². The second-order valence-electron chi connectivity index (χ2n) is 8.26. The number of aromatic hydroxyl groups is 6. The van der Waals surface area contributed by atoms with Crippen molar-refractivity contribution in [1.82, 2.24) is 0 Å². The predicted molar refractivity (Wildman–Crippen MR) is 132 cm³/mol. The van der Waals surface area contributed by atoms with E-state index in [2.05, 4.69) is 0 Å². The molecule has 10 heteroatoms. The van der Waals surface area contributed by atoms with Crippen LogP contribution in [0.2, 0.25) is 0 Å². The summed E-state index contributed by atoms with van der Waals surface area (Å²) in [5.41, 5.74) is -0.677. The first kappa shape index (κ1) is 25.5. The molecular weight excluding hydrogens is 496 g/mol. The van der Waals surface area contributed by atoms with E-state index in [1.165, 1.54) is 24.3 Å². The third-order valence-corrected chi connectivity index (χ3v) is 5.56. The van der Waals surface area contributed by atoms with E-state index in [0.717, 1.165) is 48.5 Å². The molecule has 0 fully saturated rings. The summed E-state index contributed by atoms with van der Waals surface area (Å²) in [6.07, 6.45) is 0. The van der Waals surface area contributed by atoms with Gasteiger partial charge in [-0.3, -0.25) is 19.2 Å².